The van der Waals surface area contributed by atoms with Crippen LogP contribution >= 0.6 is 0 Å². The third-order valence-corrected chi connectivity index (χ3v) is 3.97. The molecule has 1 aromatic carbocycles. The van der Waals surface area contributed by atoms with E-state index >= 15 is 0 Å². The normalized spacial score (nSPS) is 11.7. The Morgan fingerprint density at radius 2 is 1.96 bits per heavy atom. The Labute approximate surface area is 145 Å². The van der Waals surface area contributed by atoms with Crippen molar-refractivity contribution in [2.75, 3.05) is 0 Å². The summed E-state index contributed by atoms with van der Waals surface area (Å²) >= 11 is 0. The van der Waals surface area contributed by atoms with Crippen LogP contribution in [0.4, 0.5) is 17.6 Å². The van der Waals surface area contributed by atoms with E-state index in [1.54, 1.807) is 0 Å². The van der Waals surface area contributed by atoms with Gasteiger partial charge in [0.1, 0.15) is 5.82 Å². The van der Waals surface area contributed by atoms with Crippen molar-refractivity contribution in [1.29, 1.82) is 0 Å². The molecule has 0 unspecified atom stereocenters. The van der Waals surface area contributed by atoms with Crippen LogP contribution in [0.5, 0.6) is 0 Å². The van der Waals surface area contributed by atoms with Crippen LogP contribution in [-0.4, -0.2) is 20.0 Å². The average Bonchev–Trinajstić information content (AvgIpc) is 3.03. The van der Waals surface area contributed by atoms with Gasteiger partial charge in [-0.25, -0.2) is 9.49 Å². The molecule has 0 fully saturated rings. The zero-order valence-electron chi connectivity index (χ0n) is 13.6. The summed E-state index contributed by atoms with van der Waals surface area (Å²) in [4.78, 5) is 11.8. The molecule has 0 spiro atoms. The van der Waals surface area contributed by atoms with Crippen molar-refractivity contribution < 1.29 is 17.6 Å². The number of hydrogen-bond donors (Lipinski definition) is 1. The third kappa shape index (κ3) is 3.51. The van der Waals surface area contributed by atoms with E-state index in [9.17, 15) is 22.4 Å². The Hall–Kier alpha value is -2.97. The van der Waals surface area contributed by atoms with E-state index in [0.717, 1.165) is 12.1 Å². The highest BCUT2D eigenvalue weighted by atomic mass is 19.4. The lowest BCUT2D eigenvalue weighted by molar-refractivity contribution is -0.139. The minimum atomic E-state index is -4.77. The van der Waals surface area contributed by atoms with Crippen molar-refractivity contribution in [3.05, 3.63) is 69.7 Å². The van der Waals surface area contributed by atoms with Gasteiger partial charge < -0.3 is 0 Å². The SMILES string of the molecule is CCc1c(Cn2cc(-c3ccc(F)c(C(F)(F)F)c3)cn2)cn[nH]c1=O. The van der Waals surface area contributed by atoms with Gasteiger partial charge in [-0.05, 0) is 24.1 Å². The molecule has 2 aromatic heterocycles. The lowest BCUT2D eigenvalue weighted by Crippen LogP contribution is -2.18. The van der Waals surface area contributed by atoms with E-state index < -0.39 is 17.6 Å². The van der Waals surface area contributed by atoms with Crippen LogP contribution in [0, 0.1) is 5.82 Å². The quantitative estimate of drug-likeness (QED) is 0.720. The number of alkyl halides is 3. The zero-order chi connectivity index (χ0) is 18.9. The van der Waals surface area contributed by atoms with Crippen LogP contribution < -0.4 is 5.56 Å². The van der Waals surface area contributed by atoms with Crippen LogP contribution in [-0.2, 0) is 19.1 Å². The first-order chi connectivity index (χ1) is 12.3. The van der Waals surface area contributed by atoms with Gasteiger partial charge in [-0.15, -0.1) is 0 Å². The van der Waals surface area contributed by atoms with Crippen molar-refractivity contribution in [2.45, 2.75) is 26.1 Å². The third-order valence-electron chi connectivity index (χ3n) is 3.97. The minimum Gasteiger partial charge on any atom is -0.268 e. The Bertz CT molecular complexity index is 991. The van der Waals surface area contributed by atoms with Crippen LogP contribution in [0.25, 0.3) is 11.1 Å². The van der Waals surface area contributed by atoms with Crippen molar-refractivity contribution in [3.63, 3.8) is 0 Å². The van der Waals surface area contributed by atoms with Gasteiger partial charge >= 0.3 is 6.18 Å². The number of nitrogens with one attached hydrogen (secondary N) is 1. The van der Waals surface area contributed by atoms with Gasteiger partial charge in [-0.3, -0.25) is 9.48 Å². The lowest BCUT2D eigenvalue weighted by Gasteiger charge is -2.09. The predicted molar refractivity (Wildman–Crippen MR) is 86.0 cm³/mol. The minimum absolute atomic E-state index is 0.199. The molecule has 2 heterocycles. The second-order valence-electron chi connectivity index (χ2n) is 5.68. The smallest absolute Gasteiger partial charge is 0.268 e. The topological polar surface area (TPSA) is 63.6 Å². The number of benzene rings is 1. The average molecular weight is 366 g/mol. The van der Waals surface area contributed by atoms with E-state index in [0.29, 0.717) is 23.1 Å². The second-order valence-corrected chi connectivity index (χ2v) is 5.68. The maximum atomic E-state index is 13.4. The summed E-state index contributed by atoms with van der Waals surface area (Å²) in [5.74, 6) is -1.32. The molecule has 3 rings (SSSR count). The van der Waals surface area contributed by atoms with Crippen LogP contribution in [0.3, 0.4) is 0 Å². The van der Waals surface area contributed by atoms with Gasteiger partial charge in [0.25, 0.3) is 5.56 Å². The van der Waals surface area contributed by atoms with Crippen molar-refractivity contribution in [2.24, 2.45) is 0 Å². The molecule has 0 saturated heterocycles. The summed E-state index contributed by atoms with van der Waals surface area (Å²) in [7, 11) is 0. The highest BCUT2D eigenvalue weighted by Gasteiger charge is 2.34. The molecule has 0 amide bonds. The molecular weight excluding hydrogens is 352 g/mol. The van der Waals surface area contributed by atoms with Crippen LogP contribution in [0.15, 0.2) is 41.6 Å². The first kappa shape index (κ1) is 17.8. The summed E-state index contributed by atoms with van der Waals surface area (Å²) in [6.45, 7) is 2.08. The van der Waals surface area contributed by atoms with E-state index in [2.05, 4.69) is 15.3 Å². The summed E-state index contributed by atoms with van der Waals surface area (Å²) < 4.78 is 53.5. The van der Waals surface area contributed by atoms with Crippen molar-refractivity contribution in [1.82, 2.24) is 20.0 Å². The highest BCUT2D eigenvalue weighted by molar-refractivity contribution is 5.63. The molecule has 0 aliphatic carbocycles. The molecule has 3 aromatic rings. The van der Waals surface area contributed by atoms with Crippen LogP contribution in [0.2, 0.25) is 0 Å². The molecule has 0 aliphatic heterocycles. The Kier molecular flexibility index (Phi) is 4.62. The lowest BCUT2D eigenvalue weighted by atomic mass is 10.1. The molecule has 26 heavy (non-hydrogen) atoms. The Balaban J connectivity index is 1.92. The second kappa shape index (κ2) is 6.74. The van der Waals surface area contributed by atoms with Gasteiger partial charge in [-0.1, -0.05) is 13.0 Å². The first-order valence-electron chi connectivity index (χ1n) is 7.74. The summed E-state index contributed by atoms with van der Waals surface area (Å²) in [5, 5.41) is 10.2. The number of hydrogen-bond acceptors (Lipinski definition) is 3. The molecule has 136 valence electrons. The molecule has 0 aliphatic rings. The zero-order valence-corrected chi connectivity index (χ0v) is 13.6. The monoisotopic (exact) mass is 366 g/mol. The Morgan fingerprint density at radius 3 is 2.65 bits per heavy atom. The molecule has 9 heteroatoms. The number of nitrogens with zero attached hydrogens (tertiary/aromatic N) is 3. The van der Waals surface area contributed by atoms with E-state index in [4.69, 9.17) is 0 Å². The number of aromatic nitrogens is 4. The molecule has 0 saturated carbocycles. The summed E-state index contributed by atoms with van der Waals surface area (Å²) in [6, 6.07) is 2.80. The van der Waals surface area contributed by atoms with Gasteiger partial charge in [0.2, 0.25) is 0 Å². The number of halogens is 4. The molecular formula is C17H14F4N4O. The van der Waals surface area contributed by atoms with Gasteiger partial charge in [0.15, 0.2) is 0 Å². The van der Waals surface area contributed by atoms with E-state index in [1.165, 1.54) is 29.3 Å². The fourth-order valence-corrected chi connectivity index (χ4v) is 2.68. The van der Waals surface area contributed by atoms with Crippen LogP contribution in [0.1, 0.15) is 23.6 Å². The van der Waals surface area contributed by atoms with Gasteiger partial charge in [0.05, 0.1) is 24.5 Å². The number of rotatable bonds is 4. The first-order valence-corrected chi connectivity index (χ1v) is 7.74. The Morgan fingerprint density at radius 1 is 1.19 bits per heavy atom. The van der Waals surface area contributed by atoms with E-state index in [1.807, 2.05) is 6.92 Å². The molecule has 1 N–H and O–H groups in total. The molecule has 0 atom stereocenters. The predicted octanol–water partition coefficient (Wildman–Crippen LogP) is 3.40. The number of H-pyrrole nitrogens is 1. The van der Waals surface area contributed by atoms with Gasteiger partial charge in [0, 0.05) is 22.9 Å². The molecule has 0 bridgehead atoms. The maximum Gasteiger partial charge on any atom is 0.419 e. The summed E-state index contributed by atoms with van der Waals surface area (Å²) in [5.41, 5.74) is 0.232. The van der Waals surface area contributed by atoms with Gasteiger partial charge in [-0.2, -0.15) is 23.4 Å². The maximum absolute atomic E-state index is 13.4. The molecule has 5 nitrogen and oxygen atoms in total. The largest absolute Gasteiger partial charge is 0.419 e. The summed E-state index contributed by atoms with van der Waals surface area (Å²) in [6.07, 6.45) is 0.173. The van der Waals surface area contributed by atoms with Crippen molar-refractivity contribution >= 4 is 0 Å². The fourth-order valence-electron chi connectivity index (χ4n) is 2.68. The van der Waals surface area contributed by atoms with E-state index in [-0.39, 0.29) is 17.7 Å². The van der Waals surface area contributed by atoms with Crippen molar-refractivity contribution in [3.8, 4) is 11.1 Å². The number of aromatic amines is 1. The standard InChI is InChI=1S/C17H14F4N4O/c1-2-13-12(6-22-24-16(13)26)9-25-8-11(7-23-25)10-3-4-15(18)14(5-10)17(19,20)21/h3-8H,2,9H2,1H3,(H,24,26). The highest BCUT2D eigenvalue weighted by Crippen LogP contribution is 2.34. The molecule has 0 radical (unpaired) electrons. The fraction of sp³-hybridized carbons (Fsp3) is 0.235.